The average Bonchev–Trinajstić information content (AvgIpc) is 2.66. The molecule has 0 unspecified atom stereocenters. The Labute approximate surface area is 156 Å². The van der Waals surface area contributed by atoms with E-state index in [1.54, 1.807) is 0 Å². The summed E-state index contributed by atoms with van der Waals surface area (Å²) in [5.74, 6) is 0.949. The maximum absolute atomic E-state index is 12.6. The van der Waals surface area contributed by atoms with Crippen molar-refractivity contribution in [3.05, 3.63) is 80.6 Å². The van der Waals surface area contributed by atoms with Crippen LogP contribution < -0.4 is 21.4 Å². The van der Waals surface area contributed by atoms with Crippen LogP contribution in [-0.2, 0) is 13.6 Å². The summed E-state index contributed by atoms with van der Waals surface area (Å²) in [6.07, 6.45) is 0. The molecule has 0 atom stereocenters. The molecule has 7 heteroatoms. The van der Waals surface area contributed by atoms with Gasteiger partial charge in [-0.3, -0.25) is 4.57 Å². The van der Waals surface area contributed by atoms with Crippen LogP contribution in [0.5, 0.6) is 5.75 Å². The maximum Gasteiger partial charge on any atom is 0.354 e. The molecule has 0 saturated carbocycles. The molecular weight excluding hydrogens is 344 g/mol. The van der Waals surface area contributed by atoms with E-state index in [1.807, 2.05) is 62.4 Å². The molecule has 1 aromatic heterocycles. The van der Waals surface area contributed by atoms with Crippen LogP contribution in [0.25, 0.3) is 0 Å². The number of hydrogen-bond acceptors (Lipinski definition) is 5. The Kier molecular flexibility index (Phi) is 5.40. The number of rotatable bonds is 6. The zero-order valence-electron chi connectivity index (χ0n) is 15.6. The Morgan fingerprint density at radius 1 is 1.04 bits per heavy atom. The van der Waals surface area contributed by atoms with E-state index in [4.69, 9.17) is 4.74 Å². The van der Waals surface area contributed by atoms with E-state index < -0.39 is 11.4 Å². The molecule has 3 aromatic rings. The molecule has 0 fully saturated rings. The van der Waals surface area contributed by atoms with Gasteiger partial charge >= 0.3 is 11.4 Å². The first kappa shape index (κ1) is 18.4. The fourth-order valence-electron chi connectivity index (χ4n) is 2.62. The molecule has 0 amide bonds. The van der Waals surface area contributed by atoms with Gasteiger partial charge in [0.25, 0.3) is 0 Å². The molecule has 1 heterocycles. The molecule has 0 aliphatic rings. The van der Waals surface area contributed by atoms with Crippen LogP contribution in [0, 0.1) is 6.92 Å². The third-order valence-electron chi connectivity index (χ3n) is 4.14. The third-order valence-corrected chi connectivity index (χ3v) is 4.14. The Balaban J connectivity index is 1.97. The highest BCUT2D eigenvalue weighted by Gasteiger charge is 2.12. The predicted molar refractivity (Wildman–Crippen MR) is 105 cm³/mol. The quantitative estimate of drug-likeness (QED) is 0.725. The van der Waals surface area contributed by atoms with Gasteiger partial charge in [0.2, 0.25) is 5.95 Å². The third kappa shape index (κ3) is 4.25. The lowest BCUT2D eigenvalue weighted by molar-refractivity contribution is 0.340. The summed E-state index contributed by atoms with van der Waals surface area (Å²) >= 11 is 0. The number of nitrogens with zero attached hydrogens (tertiary/aromatic N) is 3. The summed E-state index contributed by atoms with van der Waals surface area (Å²) in [5.41, 5.74) is 1.75. The van der Waals surface area contributed by atoms with Crippen molar-refractivity contribution in [2.75, 3.05) is 11.9 Å². The Hall–Kier alpha value is -3.35. The van der Waals surface area contributed by atoms with Crippen LogP contribution in [0.3, 0.4) is 0 Å². The molecule has 0 saturated heterocycles. The van der Waals surface area contributed by atoms with Crippen LogP contribution in [0.1, 0.15) is 18.1 Å². The summed E-state index contributed by atoms with van der Waals surface area (Å²) < 4.78 is 7.87. The van der Waals surface area contributed by atoms with Crippen LogP contribution in [0.2, 0.25) is 0 Å². The standard InChI is InChI=1S/C20H22N4O3/c1-4-27-17-11-9-16(10-12-17)21-18-22-19(25)23(3)20(26)24(18)13-15-7-5-14(2)6-8-15/h5-12H,4,13H2,1-3H3,(H,21,22,25). The van der Waals surface area contributed by atoms with Gasteiger partial charge in [-0.25, -0.2) is 14.2 Å². The predicted octanol–water partition coefficient (Wildman–Crippen LogP) is 2.44. The lowest BCUT2D eigenvalue weighted by atomic mass is 10.1. The number of aromatic nitrogens is 3. The van der Waals surface area contributed by atoms with Gasteiger partial charge in [-0.1, -0.05) is 29.8 Å². The van der Waals surface area contributed by atoms with Gasteiger partial charge < -0.3 is 10.1 Å². The van der Waals surface area contributed by atoms with E-state index in [0.717, 1.165) is 21.4 Å². The molecule has 27 heavy (non-hydrogen) atoms. The smallest absolute Gasteiger partial charge is 0.354 e. The highest BCUT2D eigenvalue weighted by atomic mass is 16.5. The monoisotopic (exact) mass is 366 g/mol. The summed E-state index contributed by atoms with van der Waals surface area (Å²) in [6.45, 7) is 4.81. The zero-order chi connectivity index (χ0) is 19.4. The molecule has 0 spiro atoms. The minimum Gasteiger partial charge on any atom is -0.494 e. The van der Waals surface area contributed by atoms with E-state index in [-0.39, 0.29) is 5.95 Å². The summed E-state index contributed by atoms with van der Waals surface area (Å²) in [4.78, 5) is 28.7. The highest BCUT2D eigenvalue weighted by molar-refractivity contribution is 5.54. The molecular formula is C20H22N4O3. The van der Waals surface area contributed by atoms with Gasteiger partial charge in [0.15, 0.2) is 0 Å². The van der Waals surface area contributed by atoms with E-state index in [9.17, 15) is 9.59 Å². The number of benzene rings is 2. The van der Waals surface area contributed by atoms with Crippen molar-refractivity contribution in [2.24, 2.45) is 7.05 Å². The summed E-state index contributed by atoms with van der Waals surface area (Å²) in [6, 6.07) is 15.1. The van der Waals surface area contributed by atoms with Crippen LogP contribution in [-0.4, -0.2) is 20.7 Å². The van der Waals surface area contributed by atoms with Crippen molar-refractivity contribution < 1.29 is 4.74 Å². The van der Waals surface area contributed by atoms with Crippen molar-refractivity contribution >= 4 is 11.6 Å². The lowest BCUT2D eigenvalue weighted by Gasteiger charge is -2.14. The molecule has 7 nitrogen and oxygen atoms in total. The first-order valence-electron chi connectivity index (χ1n) is 8.71. The Morgan fingerprint density at radius 2 is 1.70 bits per heavy atom. The van der Waals surface area contributed by atoms with Crippen molar-refractivity contribution in [3.63, 3.8) is 0 Å². The molecule has 3 rings (SSSR count). The van der Waals surface area contributed by atoms with Gasteiger partial charge in [0.05, 0.1) is 13.2 Å². The van der Waals surface area contributed by atoms with Crippen molar-refractivity contribution in [3.8, 4) is 5.75 Å². The van der Waals surface area contributed by atoms with Crippen molar-refractivity contribution in [1.29, 1.82) is 0 Å². The first-order valence-corrected chi connectivity index (χ1v) is 8.71. The van der Waals surface area contributed by atoms with E-state index in [1.165, 1.54) is 11.6 Å². The maximum atomic E-state index is 12.6. The van der Waals surface area contributed by atoms with Crippen molar-refractivity contribution in [2.45, 2.75) is 20.4 Å². The van der Waals surface area contributed by atoms with Crippen molar-refractivity contribution in [1.82, 2.24) is 14.1 Å². The second-order valence-corrected chi connectivity index (χ2v) is 6.21. The van der Waals surface area contributed by atoms with Crippen LogP contribution in [0.4, 0.5) is 11.6 Å². The number of hydrogen-bond donors (Lipinski definition) is 1. The molecule has 2 aromatic carbocycles. The largest absolute Gasteiger partial charge is 0.494 e. The normalized spacial score (nSPS) is 10.6. The first-order chi connectivity index (χ1) is 13.0. The second-order valence-electron chi connectivity index (χ2n) is 6.21. The van der Waals surface area contributed by atoms with Crippen LogP contribution >= 0.6 is 0 Å². The molecule has 1 N–H and O–H groups in total. The fourth-order valence-corrected chi connectivity index (χ4v) is 2.62. The van der Waals surface area contributed by atoms with E-state index in [2.05, 4.69) is 10.3 Å². The highest BCUT2D eigenvalue weighted by Crippen LogP contribution is 2.18. The number of nitrogens with one attached hydrogen (secondary N) is 1. The second kappa shape index (κ2) is 7.90. The number of ether oxygens (including phenoxy) is 1. The number of aryl methyl sites for hydroxylation is 1. The molecule has 0 bridgehead atoms. The summed E-state index contributed by atoms with van der Waals surface area (Å²) in [7, 11) is 1.42. The van der Waals surface area contributed by atoms with E-state index in [0.29, 0.717) is 18.8 Å². The molecule has 0 radical (unpaired) electrons. The molecule has 0 aliphatic heterocycles. The van der Waals surface area contributed by atoms with E-state index >= 15 is 0 Å². The van der Waals surface area contributed by atoms with Gasteiger partial charge in [-0.2, -0.15) is 4.98 Å². The summed E-state index contributed by atoms with van der Waals surface area (Å²) in [5, 5.41) is 3.07. The minimum absolute atomic E-state index is 0.202. The van der Waals surface area contributed by atoms with Crippen LogP contribution in [0.15, 0.2) is 58.1 Å². The fraction of sp³-hybridized carbons (Fsp3) is 0.250. The van der Waals surface area contributed by atoms with Gasteiger partial charge in [0.1, 0.15) is 5.75 Å². The van der Waals surface area contributed by atoms with Gasteiger partial charge in [-0.05, 0) is 43.7 Å². The van der Waals surface area contributed by atoms with Gasteiger partial charge in [0, 0.05) is 12.7 Å². The average molecular weight is 366 g/mol. The topological polar surface area (TPSA) is 78.2 Å². The number of anilines is 2. The van der Waals surface area contributed by atoms with Gasteiger partial charge in [-0.15, -0.1) is 0 Å². The zero-order valence-corrected chi connectivity index (χ0v) is 15.6. The minimum atomic E-state index is -0.603. The SMILES string of the molecule is CCOc1ccc(Nc2nc(=O)n(C)c(=O)n2Cc2ccc(C)cc2)cc1. The lowest BCUT2D eigenvalue weighted by Crippen LogP contribution is -2.41. The molecule has 140 valence electrons. The molecule has 0 aliphatic carbocycles. The Bertz CT molecular complexity index is 1030. The Morgan fingerprint density at radius 3 is 2.33 bits per heavy atom.